The molecule has 0 bridgehead atoms. The first-order chi connectivity index (χ1) is 30.1. The van der Waals surface area contributed by atoms with Gasteiger partial charge >= 0.3 is 0 Å². The quantitative estimate of drug-likeness (QED) is 0.160. The molecule has 3 fully saturated rings. The zero-order valence-corrected chi connectivity index (χ0v) is 39.2. The van der Waals surface area contributed by atoms with Crippen LogP contribution in [0.3, 0.4) is 0 Å². The SMILES string of the molecule is C[C@H]1CN(Cc2ccc(F)cc2)CCN1C(=O)/C=C/c1ccc(Cl)cc1/C=C/C1(O)CCN(C)CC1.C[C@H]1CN(Cc2ccc(F)cc2)CCN1C(=O)/C=C/c1ccc(Cl)cc1Br. The van der Waals surface area contributed by atoms with Crippen LogP contribution in [0.5, 0.6) is 0 Å². The Kier molecular flexibility index (Phi) is 17.3. The number of rotatable bonds is 10. The van der Waals surface area contributed by atoms with Gasteiger partial charge in [-0.1, -0.05) is 87.7 Å². The highest BCUT2D eigenvalue weighted by molar-refractivity contribution is 9.10. The van der Waals surface area contributed by atoms with Crippen molar-refractivity contribution in [2.75, 3.05) is 59.4 Å². The molecule has 3 aliphatic rings. The number of halogens is 5. The molecular formula is C50H56BrCl2F2N5O3. The van der Waals surface area contributed by atoms with Gasteiger partial charge in [0.05, 0.1) is 5.60 Å². The molecule has 13 heteroatoms. The summed E-state index contributed by atoms with van der Waals surface area (Å²) in [5.41, 5.74) is 3.98. The van der Waals surface area contributed by atoms with Crippen LogP contribution in [-0.2, 0) is 22.7 Å². The first kappa shape index (κ1) is 48.3. The van der Waals surface area contributed by atoms with E-state index in [2.05, 4.69) is 51.5 Å². The van der Waals surface area contributed by atoms with Gasteiger partial charge in [-0.05, 0) is 122 Å². The number of amides is 2. The number of benzene rings is 4. The maximum absolute atomic E-state index is 13.2. The Morgan fingerprint density at radius 1 is 0.667 bits per heavy atom. The molecule has 4 aromatic carbocycles. The zero-order chi connectivity index (χ0) is 45.1. The molecule has 8 nitrogen and oxygen atoms in total. The fourth-order valence-electron chi connectivity index (χ4n) is 8.11. The van der Waals surface area contributed by atoms with Crippen molar-refractivity contribution in [3.05, 3.63) is 157 Å². The smallest absolute Gasteiger partial charge is 0.246 e. The van der Waals surface area contributed by atoms with E-state index in [0.717, 1.165) is 84.6 Å². The van der Waals surface area contributed by atoms with Gasteiger partial charge in [-0.3, -0.25) is 19.4 Å². The monoisotopic (exact) mass is 961 g/mol. The molecular weight excluding hydrogens is 907 g/mol. The van der Waals surface area contributed by atoms with Gasteiger partial charge in [0, 0.05) is 104 Å². The van der Waals surface area contributed by atoms with Crippen LogP contribution in [0.2, 0.25) is 10.0 Å². The van der Waals surface area contributed by atoms with Gasteiger partial charge in [0.25, 0.3) is 0 Å². The highest BCUT2D eigenvalue weighted by atomic mass is 79.9. The lowest BCUT2D eigenvalue weighted by atomic mass is 9.90. The Morgan fingerprint density at radius 3 is 1.60 bits per heavy atom. The minimum atomic E-state index is -0.825. The van der Waals surface area contributed by atoms with Crippen LogP contribution in [0.15, 0.2) is 108 Å². The summed E-state index contributed by atoms with van der Waals surface area (Å²) in [4.78, 5) is 36.2. The molecule has 0 aliphatic carbocycles. The van der Waals surface area contributed by atoms with Gasteiger partial charge in [0.1, 0.15) is 11.6 Å². The lowest BCUT2D eigenvalue weighted by molar-refractivity contribution is -0.131. The van der Waals surface area contributed by atoms with Crippen LogP contribution in [0, 0.1) is 11.6 Å². The van der Waals surface area contributed by atoms with Crippen molar-refractivity contribution in [1.29, 1.82) is 0 Å². The van der Waals surface area contributed by atoms with Gasteiger partial charge in [-0.2, -0.15) is 0 Å². The Balaban J connectivity index is 0.000000219. The van der Waals surface area contributed by atoms with Gasteiger partial charge in [-0.25, -0.2) is 8.78 Å². The topological polar surface area (TPSA) is 70.6 Å². The maximum atomic E-state index is 13.2. The second-order valence-electron chi connectivity index (χ2n) is 16.8. The third kappa shape index (κ3) is 14.4. The molecule has 3 saturated heterocycles. The zero-order valence-electron chi connectivity index (χ0n) is 36.1. The van der Waals surface area contributed by atoms with E-state index in [1.165, 1.54) is 24.3 Å². The summed E-state index contributed by atoms with van der Waals surface area (Å²) in [7, 11) is 2.06. The van der Waals surface area contributed by atoms with Crippen molar-refractivity contribution in [1.82, 2.24) is 24.5 Å². The molecule has 0 aromatic heterocycles. The molecule has 2 atom stereocenters. The van der Waals surface area contributed by atoms with Crippen molar-refractivity contribution in [3.63, 3.8) is 0 Å². The molecule has 1 N–H and O–H groups in total. The number of carbonyl (C=O) groups is 2. The number of piperazine rings is 2. The lowest BCUT2D eigenvalue weighted by Gasteiger charge is -2.39. The Morgan fingerprint density at radius 2 is 1.13 bits per heavy atom. The van der Waals surface area contributed by atoms with Gasteiger partial charge in [0.15, 0.2) is 0 Å². The molecule has 3 heterocycles. The molecule has 0 spiro atoms. The lowest BCUT2D eigenvalue weighted by Crippen LogP contribution is -2.53. The summed E-state index contributed by atoms with van der Waals surface area (Å²) in [6.45, 7) is 11.8. The number of nitrogens with zero attached hydrogens (tertiary/aromatic N) is 5. The van der Waals surface area contributed by atoms with E-state index in [0.29, 0.717) is 36.0 Å². The van der Waals surface area contributed by atoms with E-state index >= 15 is 0 Å². The van der Waals surface area contributed by atoms with Crippen molar-refractivity contribution in [2.24, 2.45) is 0 Å². The second kappa shape index (κ2) is 22.6. The molecule has 0 radical (unpaired) electrons. The van der Waals surface area contributed by atoms with Crippen molar-refractivity contribution < 1.29 is 23.5 Å². The Hall–Kier alpha value is -4.20. The minimum Gasteiger partial charge on any atom is -0.386 e. The predicted octanol–water partition coefficient (Wildman–Crippen LogP) is 9.68. The van der Waals surface area contributed by atoms with Crippen LogP contribution < -0.4 is 0 Å². The summed E-state index contributed by atoms with van der Waals surface area (Å²) in [5.74, 6) is -0.471. The molecule has 63 heavy (non-hydrogen) atoms. The largest absolute Gasteiger partial charge is 0.386 e. The Bertz CT molecular complexity index is 2270. The molecule has 334 valence electrons. The van der Waals surface area contributed by atoms with Crippen molar-refractivity contribution in [3.8, 4) is 0 Å². The summed E-state index contributed by atoms with van der Waals surface area (Å²) in [6.07, 6.45) is 12.0. The molecule has 7 rings (SSSR count). The number of hydrogen-bond acceptors (Lipinski definition) is 6. The third-order valence-electron chi connectivity index (χ3n) is 11.9. The maximum Gasteiger partial charge on any atom is 0.246 e. The Labute approximate surface area is 389 Å². The number of piperidine rings is 1. The van der Waals surface area contributed by atoms with Crippen LogP contribution in [0.1, 0.15) is 54.5 Å². The third-order valence-corrected chi connectivity index (χ3v) is 13.0. The summed E-state index contributed by atoms with van der Waals surface area (Å²) >= 11 is 15.7. The molecule has 2 amide bonds. The number of aliphatic hydroxyl groups is 1. The van der Waals surface area contributed by atoms with E-state index < -0.39 is 5.60 Å². The van der Waals surface area contributed by atoms with Gasteiger partial charge in [0.2, 0.25) is 11.8 Å². The fourth-order valence-corrected chi connectivity index (χ4v) is 9.11. The average Bonchev–Trinajstić information content (AvgIpc) is 3.25. The van der Waals surface area contributed by atoms with Crippen molar-refractivity contribution >= 4 is 69.2 Å². The predicted molar refractivity (Wildman–Crippen MR) is 255 cm³/mol. The summed E-state index contributed by atoms with van der Waals surface area (Å²) in [6, 6.07) is 24.4. The van der Waals surface area contributed by atoms with Crippen LogP contribution in [0.4, 0.5) is 8.78 Å². The molecule has 0 saturated carbocycles. The highest BCUT2D eigenvalue weighted by Crippen LogP contribution is 2.27. The second-order valence-corrected chi connectivity index (χ2v) is 18.6. The first-order valence-corrected chi connectivity index (χ1v) is 22.9. The van der Waals surface area contributed by atoms with E-state index in [4.69, 9.17) is 23.2 Å². The van der Waals surface area contributed by atoms with E-state index in [9.17, 15) is 23.5 Å². The van der Waals surface area contributed by atoms with Crippen LogP contribution >= 0.6 is 39.1 Å². The van der Waals surface area contributed by atoms with Crippen LogP contribution in [0.25, 0.3) is 18.2 Å². The van der Waals surface area contributed by atoms with Gasteiger partial charge < -0.3 is 19.8 Å². The van der Waals surface area contributed by atoms with Crippen LogP contribution in [-0.4, -0.2) is 119 Å². The minimum absolute atomic E-state index is 0.00535. The highest BCUT2D eigenvalue weighted by Gasteiger charge is 2.29. The van der Waals surface area contributed by atoms with Gasteiger partial charge in [-0.15, -0.1) is 0 Å². The normalized spacial score (nSPS) is 20.1. The average molecular weight is 964 g/mol. The number of hydrogen-bond donors (Lipinski definition) is 1. The summed E-state index contributed by atoms with van der Waals surface area (Å²) < 4.78 is 27.1. The molecule has 4 aromatic rings. The standard InChI is InChI=1S/C29H35ClFN3O2.C21H21BrClFN2O/c1-22-20-33(21-23-3-8-27(31)9-4-23)17-18-34(22)28(35)10-6-24-5-7-26(30)19-25(24)11-12-29(36)13-15-32(2)16-14-29;1-15-13-25(14-16-2-7-19(24)8-3-16)10-11-26(15)21(27)9-5-17-4-6-18(23)12-20(17)22/h3-12,19,22,36H,13-18,20-21H2,1-2H3;2-9,12,15H,10-11,13-14H2,1H3/b10-6+,12-11+;9-5+/t22-;15-/m00/s1. The first-order valence-electron chi connectivity index (χ1n) is 21.4. The van der Waals surface area contributed by atoms with E-state index in [-0.39, 0.29) is 35.5 Å². The van der Waals surface area contributed by atoms with E-state index in [1.807, 2.05) is 82.6 Å². The number of likely N-dealkylation sites (tertiary alicyclic amines) is 1. The number of carbonyl (C=O) groups excluding carboxylic acids is 2. The fraction of sp³-hybridized carbons (Fsp3) is 0.360. The summed E-state index contributed by atoms with van der Waals surface area (Å²) in [5, 5.41) is 12.2. The molecule has 3 aliphatic heterocycles. The van der Waals surface area contributed by atoms with E-state index in [1.54, 1.807) is 24.3 Å². The molecule has 0 unspecified atom stereocenters. The van der Waals surface area contributed by atoms with Crippen molar-refractivity contribution in [2.45, 2.75) is 57.5 Å².